The average molecular weight is 292 g/mol. The second-order valence-electron chi connectivity index (χ2n) is 3.85. The molecule has 0 saturated heterocycles. The van der Waals surface area contributed by atoms with Gasteiger partial charge in [0.1, 0.15) is 4.60 Å². The second-order valence-corrected chi connectivity index (χ2v) is 4.61. The lowest BCUT2D eigenvalue weighted by atomic mass is 10.2. The summed E-state index contributed by atoms with van der Waals surface area (Å²) in [5, 5.41) is 3.32. The number of aryl methyl sites for hydroxylation is 1. The molecule has 2 rings (SSSR count). The minimum absolute atomic E-state index is 0.645. The number of nitrogen functional groups attached to an aromatic ring is 1. The van der Waals surface area contributed by atoms with Crippen LogP contribution in [-0.2, 0) is 6.54 Å². The van der Waals surface area contributed by atoms with E-state index in [0.717, 1.165) is 17.9 Å². The molecular weight excluding hydrogens is 278 g/mol. The van der Waals surface area contributed by atoms with Crippen molar-refractivity contribution in [3.8, 4) is 0 Å². The summed E-state index contributed by atoms with van der Waals surface area (Å²) in [4.78, 5) is 4.24. The third kappa shape index (κ3) is 2.97. The molecule has 88 valence electrons. The third-order valence-corrected chi connectivity index (χ3v) is 3.07. The molecule has 0 aliphatic rings. The Morgan fingerprint density at radius 2 is 2.00 bits per heavy atom. The van der Waals surface area contributed by atoms with Gasteiger partial charge in [0, 0.05) is 12.2 Å². The SMILES string of the molecule is Cc1cc(NCc2ccccc2)c(N)c(Br)n1. The molecule has 1 aromatic carbocycles. The van der Waals surface area contributed by atoms with Gasteiger partial charge in [-0.3, -0.25) is 0 Å². The molecule has 4 heteroatoms. The topological polar surface area (TPSA) is 50.9 Å². The highest BCUT2D eigenvalue weighted by Gasteiger charge is 2.05. The maximum atomic E-state index is 5.94. The van der Waals surface area contributed by atoms with Crippen LogP contribution in [-0.4, -0.2) is 4.98 Å². The van der Waals surface area contributed by atoms with E-state index in [1.165, 1.54) is 5.56 Å². The first-order valence-corrected chi connectivity index (χ1v) is 6.16. The number of anilines is 2. The van der Waals surface area contributed by atoms with E-state index in [9.17, 15) is 0 Å². The van der Waals surface area contributed by atoms with E-state index < -0.39 is 0 Å². The van der Waals surface area contributed by atoms with Gasteiger partial charge in [0.15, 0.2) is 0 Å². The van der Waals surface area contributed by atoms with E-state index in [1.807, 2.05) is 31.2 Å². The monoisotopic (exact) mass is 291 g/mol. The van der Waals surface area contributed by atoms with Crippen LogP contribution in [0.25, 0.3) is 0 Å². The number of benzene rings is 1. The molecule has 1 heterocycles. The third-order valence-electron chi connectivity index (χ3n) is 2.47. The standard InChI is InChI=1S/C13H14BrN3/c1-9-7-11(12(15)13(14)17-9)16-8-10-5-3-2-4-6-10/h2-7H,8,15H2,1H3,(H,16,17). The fourth-order valence-electron chi connectivity index (χ4n) is 1.58. The lowest BCUT2D eigenvalue weighted by Gasteiger charge is -2.11. The zero-order chi connectivity index (χ0) is 12.3. The van der Waals surface area contributed by atoms with Gasteiger partial charge in [-0.15, -0.1) is 0 Å². The Bertz CT molecular complexity index is 512. The number of halogens is 1. The number of nitrogens with one attached hydrogen (secondary N) is 1. The molecule has 0 amide bonds. The summed E-state index contributed by atoms with van der Waals surface area (Å²) in [6.45, 7) is 2.69. The normalized spacial score (nSPS) is 10.2. The molecule has 1 aromatic heterocycles. The smallest absolute Gasteiger partial charge is 0.131 e. The van der Waals surface area contributed by atoms with Crippen LogP contribution in [0.4, 0.5) is 11.4 Å². The molecule has 3 nitrogen and oxygen atoms in total. The molecule has 0 aliphatic heterocycles. The second kappa shape index (κ2) is 5.19. The highest BCUT2D eigenvalue weighted by Crippen LogP contribution is 2.26. The Morgan fingerprint density at radius 3 is 2.71 bits per heavy atom. The summed E-state index contributed by atoms with van der Waals surface area (Å²) in [6, 6.07) is 12.1. The van der Waals surface area contributed by atoms with Crippen molar-refractivity contribution in [2.75, 3.05) is 11.1 Å². The van der Waals surface area contributed by atoms with Gasteiger partial charge in [0.05, 0.1) is 11.4 Å². The summed E-state index contributed by atoms with van der Waals surface area (Å²) in [5.74, 6) is 0. The lowest BCUT2D eigenvalue weighted by Crippen LogP contribution is -2.04. The van der Waals surface area contributed by atoms with Gasteiger partial charge in [0.2, 0.25) is 0 Å². The number of hydrogen-bond acceptors (Lipinski definition) is 3. The number of pyridine rings is 1. The largest absolute Gasteiger partial charge is 0.395 e. The Kier molecular flexibility index (Phi) is 3.64. The van der Waals surface area contributed by atoms with Gasteiger partial charge in [-0.2, -0.15) is 0 Å². The number of aromatic nitrogens is 1. The molecule has 0 saturated carbocycles. The van der Waals surface area contributed by atoms with Gasteiger partial charge in [-0.1, -0.05) is 30.3 Å². The van der Waals surface area contributed by atoms with Gasteiger partial charge in [0.25, 0.3) is 0 Å². The van der Waals surface area contributed by atoms with Crippen molar-refractivity contribution >= 4 is 27.3 Å². The number of nitrogens with zero attached hydrogens (tertiary/aromatic N) is 1. The molecule has 0 atom stereocenters. The first-order valence-electron chi connectivity index (χ1n) is 5.37. The minimum Gasteiger partial charge on any atom is -0.395 e. The van der Waals surface area contributed by atoms with E-state index >= 15 is 0 Å². The predicted octanol–water partition coefficient (Wildman–Crippen LogP) is 3.35. The average Bonchev–Trinajstić information content (AvgIpc) is 2.33. The molecule has 0 spiro atoms. The van der Waals surface area contributed by atoms with E-state index in [0.29, 0.717) is 10.3 Å². The zero-order valence-electron chi connectivity index (χ0n) is 9.57. The fraction of sp³-hybridized carbons (Fsp3) is 0.154. The van der Waals surface area contributed by atoms with Gasteiger partial charge >= 0.3 is 0 Å². The molecule has 0 unspecified atom stereocenters. The van der Waals surface area contributed by atoms with E-state index in [4.69, 9.17) is 5.73 Å². The molecule has 2 aromatic rings. The first-order chi connectivity index (χ1) is 8.16. The van der Waals surface area contributed by atoms with Crippen molar-refractivity contribution in [1.82, 2.24) is 4.98 Å². The summed E-state index contributed by atoms with van der Waals surface area (Å²) in [5.41, 5.74) is 9.65. The Morgan fingerprint density at radius 1 is 1.29 bits per heavy atom. The maximum absolute atomic E-state index is 5.94. The van der Waals surface area contributed by atoms with Crippen LogP contribution in [0.15, 0.2) is 41.0 Å². The number of rotatable bonds is 3. The van der Waals surface area contributed by atoms with Crippen LogP contribution in [0.5, 0.6) is 0 Å². The van der Waals surface area contributed by atoms with Crippen LogP contribution in [0.1, 0.15) is 11.3 Å². The summed E-state index contributed by atoms with van der Waals surface area (Å²) < 4.78 is 0.688. The minimum atomic E-state index is 0.645. The van der Waals surface area contributed by atoms with Gasteiger partial charge in [-0.25, -0.2) is 4.98 Å². The fourth-order valence-corrected chi connectivity index (χ4v) is 2.08. The van der Waals surface area contributed by atoms with Crippen LogP contribution < -0.4 is 11.1 Å². The molecule has 0 radical (unpaired) electrons. The van der Waals surface area contributed by atoms with Crippen LogP contribution in [0, 0.1) is 6.92 Å². The molecule has 0 fully saturated rings. The summed E-state index contributed by atoms with van der Waals surface area (Å²) in [7, 11) is 0. The van der Waals surface area contributed by atoms with E-state index in [-0.39, 0.29) is 0 Å². The predicted molar refractivity (Wildman–Crippen MR) is 74.9 cm³/mol. The van der Waals surface area contributed by atoms with Crippen molar-refractivity contribution in [1.29, 1.82) is 0 Å². The highest BCUT2D eigenvalue weighted by molar-refractivity contribution is 9.10. The number of hydrogen-bond donors (Lipinski definition) is 2. The quantitative estimate of drug-likeness (QED) is 0.853. The highest BCUT2D eigenvalue weighted by atomic mass is 79.9. The van der Waals surface area contributed by atoms with Crippen molar-refractivity contribution in [3.63, 3.8) is 0 Å². The maximum Gasteiger partial charge on any atom is 0.131 e. The molecule has 3 N–H and O–H groups in total. The van der Waals surface area contributed by atoms with E-state index in [2.05, 4.69) is 38.4 Å². The van der Waals surface area contributed by atoms with E-state index in [1.54, 1.807) is 0 Å². The summed E-state index contributed by atoms with van der Waals surface area (Å²) >= 11 is 3.35. The first kappa shape index (κ1) is 11.9. The van der Waals surface area contributed by atoms with Crippen LogP contribution >= 0.6 is 15.9 Å². The van der Waals surface area contributed by atoms with Crippen molar-refractivity contribution in [3.05, 3.63) is 52.3 Å². The molecule has 0 aliphatic carbocycles. The van der Waals surface area contributed by atoms with Gasteiger partial charge < -0.3 is 11.1 Å². The Hall–Kier alpha value is -1.55. The molecule has 0 bridgehead atoms. The number of nitrogens with two attached hydrogens (primary N) is 1. The van der Waals surface area contributed by atoms with Crippen molar-refractivity contribution in [2.45, 2.75) is 13.5 Å². The van der Waals surface area contributed by atoms with Crippen molar-refractivity contribution in [2.24, 2.45) is 0 Å². The molecule has 17 heavy (non-hydrogen) atoms. The van der Waals surface area contributed by atoms with Crippen molar-refractivity contribution < 1.29 is 0 Å². The molecular formula is C13H14BrN3. The summed E-state index contributed by atoms with van der Waals surface area (Å²) in [6.07, 6.45) is 0. The zero-order valence-corrected chi connectivity index (χ0v) is 11.2. The van der Waals surface area contributed by atoms with Crippen LogP contribution in [0.2, 0.25) is 0 Å². The van der Waals surface area contributed by atoms with Gasteiger partial charge in [-0.05, 0) is 34.5 Å². The Balaban J connectivity index is 2.14. The van der Waals surface area contributed by atoms with Crippen LogP contribution in [0.3, 0.4) is 0 Å². The Labute approximate surface area is 109 Å². The lowest BCUT2D eigenvalue weighted by molar-refractivity contribution is 1.12.